The molecule has 3 rings (SSSR count). The number of halogens is 3. The number of amides is 2. The van der Waals surface area contributed by atoms with Crippen LogP contribution in [0, 0.1) is 11.8 Å². The van der Waals surface area contributed by atoms with E-state index < -0.39 is 24.0 Å². The Morgan fingerprint density at radius 1 is 1.30 bits per heavy atom. The zero-order chi connectivity index (χ0) is 16.4. The van der Waals surface area contributed by atoms with Crippen molar-refractivity contribution in [2.75, 3.05) is 11.9 Å². The molecule has 2 amide bonds. The van der Waals surface area contributed by atoms with Crippen LogP contribution in [0.15, 0.2) is 40.9 Å². The maximum absolute atomic E-state index is 12.4. The number of rotatable bonds is 4. The third-order valence-electron chi connectivity index (χ3n) is 3.68. The molecule has 2 aromatic rings. The average Bonchev–Trinajstić information content (AvgIpc) is 3.18. The van der Waals surface area contributed by atoms with E-state index in [0.29, 0.717) is 5.76 Å². The highest BCUT2D eigenvalue weighted by atomic mass is 19.4. The lowest BCUT2D eigenvalue weighted by atomic mass is 10.2. The first-order valence-electron chi connectivity index (χ1n) is 7.07. The van der Waals surface area contributed by atoms with E-state index in [1.165, 1.54) is 0 Å². The molecule has 2 atom stereocenters. The summed E-state index contributed by atoms with van der Waals surface area (Å²) in [5.74, 6) is -1.16. The van der Waals surface area contributed by atoms with Gasteiger partial charge in [0.25, 0.3) is 0 Å². The van der Waals surface area contributed by atoms with Gasteiger partial charge in [-0.2, -0.15) is 13.2 Å². The van der Waals surface area contributed by atoms with Crippen molar-refractivity contribution in [3.8, 4) is 11.3 Å². The van der Waals surface area contributed by atoms with E-state index in [-0.39, 0.29) is 18.8 Å². The summed E-state index contributed by atoms with van der Waals surface area (Å²) in [6, 6.07) is 10.1. The smallest absolute Gasteiger partial charge is 0.354 e. The second-order valence-corrected chi connectivity index (χ2v) is 5.42. The predicted octanol–water partition coefficient (Wildman–Crippen LogP) is 3.66. The summed E-state index contributed by atoms with van der Waals surface area (Å²) < 4.78 is 42.2. The van der Waals surface area contributed by atoms with Gasteiger partial charge in [0, 0.05) is 18.2 Å². The topological polar surface area (TPSA) is 67.2 Å². The summed E-state index contributed by atoms with van der Waals surface area (Å²) in [5.41, 5.74) is 0.805. The number of aromatic nitrogens is 1. The number of alkyl halides is 3. The molecule has 1 fully saturated rings. The molecule has 0 spiro atoms. The lowest BCUT2D eigenvalue weighted by Crippen LogP contribution is -2.31. The Kier molecular flexibility index (Phi) is 3.97. The Labute approximate surface area is 129 Å². The molecule has 1 aromatic carbocycles. The highest BCUT2D eigenvalue weighted by Gasteiger charge is 2.55. The van der Waals surface area contributed by atoms with Crippen LogP contribution in [0.4, 0.5) is 23.8 Å². The van der Waals surface area contributed by atoms with E-state index in [4.69, 9.17) is 4.52 Å². The maximum Gasteiger partial charge on any atom is 0.392 e. The van der Waals surface area contributed by atoms with Crippen molar-refractivity contribution in [3.05, 3.63) is 36.4 Å². The third-order valence-corrected chi connectivity index (χ3v) is 3.68. The second kappa shape index (κ2) is 5.94. The number of urea groups is 1. The van der Waals surface area contributed by atoms with Crippen LogP contribution in [-0.4, -0.2) is 23.9 Å². The standard InChI is InChI=1S/C15H14F3N3O2/c16-15(17,18)11-6-10(11)8-19-14(22)20-13-7-12(23-21-13)9-4-2-1-3-5-9/h1-5,7,10-11H,6,8H2,(H2,19,20,21,22)/t10-,11+/m0/s1. The molecule has 0 saturated heterocycles. The summed E-state index contributed by atoms with van der Waals surface area (Å²) >= 11 is 0. The van der Waals surface area contributed by atoms with Gasteiger partial charge in [-0.1, -0.05) is 35.5 Å². The molecule has 2 N–H and O–H groups in total. The lowest BCUT2D eigenvalue weighted by Gasteiger charge is -2.06. The Bertz CT molecular complexity index is 685. The number of carbonyl (C=O) groups is 1. The average molecular weight is 325 g/mol. The van der Waals surface area contributed by atoms with Crippen molar-refractivity contribution in [2.45, 2.75) is 12.6 Å². The molecule has 1 heterocycles. The van der Waals surface area contributed by atoms with Crippen molar-refractivity contribution in [2.24, 2.45) is 11.8 Å². The van der Waals surface area contributed by atoms with Crippen LogP contribution in [0.25, 0.3) is 11.3 Å². The molecule has 1 aromatic heterocycles. The minimum Gasteiger partial charge on any atom is -0.354 e. The van der Waals surface area contributed by atoms with Crippen LogP contribution in [-0.2, 0) is 0 Å². The molecule has 0 radical (unpaired) electrons. The van der Waals surface area contributed by atoms with Crippen LogP contribution in [0.5, 0.6) is 0 Å². The van der Waals surface area contributed by atoms with Crippen molar-refractivity contribution in [1.29, 1.82) is 0 Å². The van der Waals surface area contributed by atoms with Crippen molar-refractivity contribution in [1.82, 2.24) is 10.5 Å². The third kappa shape index (κ3) is 3.82. The summed E-state index contributed by atoms with van der Waals surface area (Å²) in [7, 11) is 0. The fourth-order valence-electron chi connectivity index (χ4n) is 2.33. The number of hydrogen-bond acceptors (Lipinski definition) is 3. The van der Waals surface area contributed by atoms with Gasteiger partial charge < -0.3 is 9.84 Å². The van der Waals surface area contributed by atoms with Crippen LogP contribution >= 0.6 is 0 Å². The van der Waals surface area contributed by atoms with Crippen molar-refractivity contribution < 1.29 is 22.5 Å². The fourth-order valence-corrected chi connectivity index (χ4v) is 2.33. The summed E-state index contributed by atoms with van der Waals surface area (Å²) in [4.78, 5) is 11.7. The van der Waals surface area contributed by atoms with Crippen LogP contribution in [0.2, 0.25) is 0 Å². The summed E-state index contributed by atoms with van der Waals surface area (Å²) in [6.07, 6.45) is -4.12. The first kappa shape index (κ1) is 15.4. The van der Waals surface area contributed by atoms with E-state index in [9.17, 15) is 18.0 Å². The van der Waals surface area contributed by atoms with Gasteiger partial charge in [-0.15, -0.1) is 0 Å². The van der Waals surface area contributed by atoms with E-state index >= 15 is 0 Å². The normalized spacial score (nSPS) is 20.1. The quantitative estimate of drug-likeness (QED) is 0.901. The number of anilines is 1. The first-order chi connectivity index (χ1) is 10.9. The summed E-state index contributed by atoms with van der Waals surface area (Å²) in [6.45, 7) is -0.0145. The fraction of sp³-hybridized carbons (Fsp3) is 0.333. The van der Waals surface area contributed by atoms with Crippen molar-refractivity contribution >= 4 is 11.8 Å². The molecule has 23 heavy (non-hydrogen) atoms. The molecule has 122 valence electrons. The molecule has 8 heteroatoms. The molecule has 1 aliphatic rings. The predicted molar refractivity (Wildman–Crippen MR) is 76.6 cm³/mol. The van der Waals surface area contributed by atoms with Gasteiger partial charge in [0.2, 0.25) is 0 Å². The minimum absolute atomic E-state index is 0.0145. The maximum atomic E-state index is 12.4. The highest BCUT2D eigenvalue weighted by Crippen LogP contribution is 2.49. The molecule has 0 aliphatic heterocycles. The van der Waals surface area contributed by atoms with E-state index in [1.54, 1.807) is 6.07 Å². The number of nitrogens with zero attached hydrogens (tertiary/aromatic N) is 1. The lowest BCUT2D eigenvalue weighted by molar-refractivity contribution is -0.150. The summed E-state index contributed by atoms with van der Waals surface area (Å²) in [5, 5.41) is 8.55. The molecule has 1 aliphatic carbocycles. The first-order valence-corrected chi connectivity index (χ1v) is 7.07. The number of hydrogen-bond donors (Lipinski definition) is 2. The van der Waals surface area contributed by atoms with Crippen LogP contribution in [0.3, 0.4) is 0 Å². The number of carbonyl (C=O) groups excluding carboxylic acids is 1. The van der Waals surface area contributed by atoms with Crippen LogP contribution < -0.4 is 10.6 Å². The van der Waals surface area contributed by atoms with Gasteiger partial charge in [-0.05, 0) is 12.3 Å². The Morgan fingerprint density at radius 2 is 2.04 bits per heavy atom. The number of nitrogens with one attached hydrogen (secondary N) is 2. The minimum atomic E-state index is -4.18. The second-order valence-electron chi connectivity index (χ2n) is 5.42. The Hall–Kier alpha value is -2.51. The van der Waals surface area contributed by atoms with Gasteiger partial charge in [-0.3, -0.25) is 5.32 Å². The van der Waals surface area contributed by atoms with Gasteiger partial charge in [0.05, 0.1) is 5.92 Å². The SMILES string of the molecule is O=C(NC[C@@H]1C[C@H]1C(F)(F)F)Nc1cc(-c2ccccc2)on1. The van der Waals surface area contributed by atoms with E-state index in [0.717, 1.165) is 5.56 Å². The van der Waals surface area contributed by atoms with Gasteiger partial charge >= 0.3 is 12.2 Å². The Balaban J connectivity index is 1.49. The largest absolute Gasteiger partial charge is 0.392 e. The van der Waals surface area contributed by atoms with E-state index in [2.05, 4.69) is 15.8 Å². The highest BCUT2D eigenvalue weighted by molar-refractivity contribution is 5.88. The molecule has 0 bridgehead atoms. The molecular weight excluding hydrogens is 311 g/mol. The molecule has 5 nitrogen and oxygen atoms in total. The van der Waals surface area contributed by atoms with Crippen LogP contribution in [0.1, 0.15) is 6.42 Å². The molecular formula is C15H14F3N3O2. The van der Waals surface area contributed by atoms with E-state index in [1.807, 2.05) is 30.3 Å². The van der Waals surface area contributed by atoms with Gasteiger partial charge in [0.1, 0.15) is 0 Å². The molecule has 1 saturated carbocycles. The number of benzene rings is 1. The van der Waals surface area contributed by atoms with Gasteiger partial charge in [0.15, 0.2) is 11.6 Å². The van der Waals surface area contributed by atoms with Crippen molar-refractivity contribution in [3.63, 3.8) is 0 Å². The molecule has 0 unspecified atom stereocenters. The zero-order valence-corrected chi connectivity index (χ0v) is 11.9. The van der Waals surface area contributed by atoms with Gasteiger partial charge in [-0.25, -0.2) is 4.79 Å². The monoisotopic (exact) mass is 325 g/mol. The zero-order valence-electron chi connectivity index (χ0n) is 11.9. The Morgan fingerprint density at radius 3 is 2.70 bits per heavy atom.